The molecular weight excluding hydrogens is 244 g/mol. The van der Waals surface area contributed by atoms with E-state index in [4.69, 9.17) is 0 Å². The van der Waals surface area contributed by atoms with Gasteiger partial charge in [0, 0.05) is 42.5 Å². The molecule has 2 aromatic heterocycles. The van der Waals surface area contributed by atoms with E-state index in [2.05, 4.69) is 31.6 Å². The fourth-order valence-corrected chi connectivity index (χ4v) is 2.80. The van der Waals surface area contributed by atoms with Crippen molar-refractivity contribution >= 4 is 17.3 Å². The zero-order valence-corrected chi connectivity index (χ0v) is 11.0. The van der Waals surface area contributed by atoms with Gasteiger partial charge in [0.2, 0.25) is 5.95 Å². The predicted molar refractivity (Wildman–Crippen MR) is 75.0 cm³/mol. The fourth-order valence-electron chi connectivity index (χ4n) is 2.10. The summed E-state index contributed by atoms with van der Waals surface area (Å²) in [7, 11) is 0. The van der Waals surface area contributed by atoms with Gasteiger partial charge in [-0.3, -0.25) is 0 Å². The van der Waals surface area contributed by atoms with Crippen LogP contribution < -0.4 is 10.2 Å². The normalized spacial score (nSPS) is 16.6. The summed E-state index contributed by atoms with van der Waals surface area (Å²) in [6, 6.07) is 4.15. The monoisotopic (exact) mass is 260 g/mol. The van der Waals surface area contributed by atoms with Crippen molar-refractivity contribution in [2.45, 2.75) is 6.42 Å². The number of aromatic nitrogens is 2. The summed E-state index contributed by atoms with van der Waals surface area (Å²) < 4.78 is 0. The molecule has 5 heteroatoms. The van der Waals surface area contributed by atoms with Crippen molar-refractivity contribution in [3.05, 3.63) is 29.9 Å². The molecule has 3 heterocycles. The highest BCUT2D eigenvalue weighted by atomic mass is 32.1. The van der Waals surface area contributed by atoms with Gasteiger partial charge in [-0.25, -0.2) is 9.97 Å². The lowest BCUT2D eigenvalue weighted by Crippen LogP contribution is -2.29. The quantitative estimate of drug-likeness (QED) is 0.896. The molecule has 4 nitrogen and oxygen atoms in total. The smallest absolute Gasteiger partial charge is 0.225 e. The summed E-state index contributed by atoms with van der Waals surface area (Å²) in [6.45, 7) is 4.11. The van der Waals surface area contributed by atoms with E-state index in [1.807, 2.05) is 18.5 Å². The number of thiophene rings is 1. The van der Waals surface area contributed by atoms with Gasteiger partial charge in [0.1, 0.15) is 0 Å². The Morgan fingerprint density at radius 1 is 1.17 bits per heavy atom. The van der Waals surface area contributed by atoms with E-state index in [9.17, 15) is 0 Å². The van der Waals surface area contributed by atoms with E-state index in [0.29, 0.717) is 0 Å². The maximum absolute atomic E-state index is 4.49. The Kier molecular flexibility index (Phi) is 3.52. The van der Waals surface area contributed by atoms with Crippen LogP contribution in [0.15, 0.2) is 29.9 Å². The summed E-state index contributed by atoms with van der Waals surface area (Å²) in [5.74, 6) is 0.846. The minimum atomic E-state index is 0.846. The maximum atomic E-state index is 4.49. The van der Waals surface area contributed by atoms with Gasteiger partial charge >= 0.3 is 0 Å². The number of anilines is 1. The predicted octanol–water partition coefficient (Wildman–Crippen LogP) is 2.00. The summed E-state index contributed by atoms with van der Waals surface area (Å²) in [5.41, 5.74) is 1.10. The molecule has 1 fully saturated rings. The topological polar surface area (TPSA) is 41.1 Å². The number of nitrogens with one attached hydrogen (secondary N) is 1. The van der Waals surface area contributed by atoms with Crippen LogP contribution in [0, 0.1) is 0 Å². The van der Waals surface area contributed by atoms with Crippen molar-refractivity contribution in [2.75, 3.05) is 31.1 Å². The van der Waals surface area contributed by atoms with Crippen LogP contribution in [0.25, 0.3) is 10.4 Å². The van der Waals surface area contributed by atoms with Crippen molar-refractivity contribution in [3.8, 4) is 10.4 Å². The molecule has 1 aliphatic heterocycles. The largest absolute Gasteiger partial charge is 0.340 e. The molecule has 0 spiro atoms. The van der Waals surface area contributed by atoms with E-state index in [-0.39, 0.29) is 0 Å². The number of hydrogen-bond acceptors (Lipinski definition) is 5. The molecule has 1 N–H and O–H groups in total. The zero-order chi connectivity index (χ0) is 12.2. The average Bonchev–Trinajstić information content (AvgIpc) is 2.82. The van der Waals surface area contributed by atoms with Gasteiger partial charge in [-0.2, -0.15) is 0 Å². The van der Waals surface area contributed by atoms with Crippen molar-refractivity contribution in [1.29, 1.82) is 0 Å². The third kappa shape index (κ3) is 2.52. The van der Waals surface area contributed by atoms with Gasteiger partial charge in [0.15, 0.2) is 0 Å². The molecule has 0 aliphatic carbocycles. The Labute approximate surface area is 111 Å². The van der Waals surface area contributed by atoms with E-state index in [1.54, 1.807) is 11.3 Å². The van der Waals surface area contributed by atoms with Crippen molar-refractivity contribution < 1.29 is 0 Å². The first-order valence-electron chi connectivity index (χ1n) is 6.25. The van der Waals surface area contributed by atoms with E-state index in [0.717, 1.165) is 44.1 Å². The van der Waals surface area contributed by atoms with E-state index in [1.165, 1.54) is 4.88 Å². The SMILES string of the molecule is c1csc(-c2cnc(N3CCCNCC3)nc2)c1. The minimum absolute atomic E-state index is 0.846. The number of hydrogen-bond donors (Lipinski definition) is 1. The van der Waals surface area contributed by atoms with Crippen LogP contribution in [0.1, 0.15) is 6.42 Å². The lowest BCUT2D eigenvalue weighted by atomic mass is 10.3. The number of nitrogens with zero attached hydrogens (tertiary/aromatic N) is 3. The first-order chi connectivity index (χ1) is 8.93. The van der Waals surface area contributed by atoms with Gasteiger partial charge in [-0.15, -0.1) is 11.3 Å². The molecule has 0 amide bonds. The molecule has 0 bridgehead atoms. The summed E-state index contributed by atoms with van der Waals surface area (Å²) in [5, 5.41) is 5.46. The molecule has 1 saturated heterocycles. The molecule has 94 valence electrons. The summed E-state index contributed by atoms with van der Waals surface area (Å²) in [4.78, 5) is 12.5. The highest BCUT2D eigenvalue weighted by Gasteiger charge is 2.11. The van der Waals surface area contributed by atoms with Gasteiger partial charge in [-0.1, -0.05) is 6.07 Å². The van der Waals surface area contributed by atoms with Gasteiger partial charge in [0.05, 0.1) is 0 Å². The Hall–Kier alpha value is -1.46. The van der Waals surface area contributed by atoms with Gasteiger partial charge in [0.25, 0.3) is 0 Å². The highest BCUT2D eigenvalue weighted by Crippen LogP contribution is 2.23. The Balaban J connectivity index is 1.78. The maximum Gasteiger partial charge on any atom is 0.225 e. The Morgan fingerprint density at radius 3 is 2.83 bits per heavy atom. The van der Waals surface area contributed by atoms with Crippen LogP contribution in [0.5, 0.6) is 0 Å². The molecule has 0 unspecified atom stereocenters. The fraction of sp³-hybridized carbons (Fsp3) is 0.385. The summed E-state index contributed by atoms with van der Waals surface area (Å²) in [6.07, 6.45) is 5.00. The zero-order valence-electron chi connectivity index (χ0n) is 10.2. The molecule has 0 radical (unpaired) electrons. The van der Waals surface area contributed by atoms with Crippen molar-refractivity contribution in [1.82, 2.24) is 15.3 Å². The Bertz CT molecular complexity index is 472. The van der Waals surface area contributed by atoms with Crippen LogP contribution >= 0.6 is 11.3 Å². The second-order valence-corrected chi connectivity index (χ2v) is 5.29. The van der Waals surface area contributed by atoms with Crippen LogP contribution in [0.2, 0.25) is 0 Å². The molecular formula is C13H16N4S. The molecule has 3 rings (SSSR count). The lowest BCUT2D eigenvalue weighted by Gasteiger charge is -2.19. The molecule has 0 aromatic carbocycles. The third-order valence-corrected chi connectivity index (χ3v) is 3.99. The van der Waals surface area contributed by atoms with Crippen LogP contribution in [0.3, 0.4) is 0 Å². The van der Waals surface area contributed by atoms with Gasteiger partial charge < -0.3 is 10.2 Å². The number of rotatable bonds is 2. The lowest BCUT2D eigenvalue weighted by molar-refractivity contribution is 0.724. The Morgan fingerprint density at radius 2 is 2.06 bits per heavy atom. The van der Waals surface area contributed by atoms with Crippen molar-refractivity contribution in [2.24, 2.45) is 0 Å². The van der Waals surface area contributed by atoms with Crippen molar-refractivity contribution in [3.63, 3.8) is 0 Å². The second kappa shape index (κ2) is 5.46. The second-order valence-electron chi connectivity index (χ2n) is 4.34. The van der Waals surface area contributed by atoms with Crippen LogP contribution in [-0.4, -0.2) is 36.1 Å². The molecule has 2 aromatic rings. The third-order valence-electron chi connectivity index (χ3n) is 3.07. The molecule has 1 aliphatic rings. The molecule has 0 saturated carbocycles. The van der Waals surface area contributed by atoms with E-state index >= 15 is 0 Å². The standard InChI is InChI=1S/C13H16N4S/c1-3-12(18-8-1)11-9-15-13(16-10-11)17-6-2-4-14-5-7-17/h1,3,8-10,14H,2,4-7H2. The van der Waals surface area contributed by atoms with E-state index < -0.39 is 0 Å². The van der Waals surface area contributed by atoms with Crippen LogP contribution in [-0.2, 0) is 0 Å². The van der Waals surface area contributed by atoms with Gasteiger partial charge in [-0.05, 0) is 24.4 Å². The van der Waals surface area contributed by atoms with Crippen LogP contribution in [0.4, 0.5) is 5.95 Å². The first kappa shape index (κ1) is 11.6. The highest BCUT2D eigenvalue weighted by molar-refractivity contribution is 7.13. The minimum Gasteiger partial charge on any atom is -0.340 e. The first-order valence-corrected chi connectivity index (χ1v) is 7.13. The average molecular weight is 260 g/mol. The molecule has 0 atom stereocenters. The summed E-state index contributed by atoms with van der Waals surface area (Å²) >= 11 is 1.72. The molecule has 18 heavy (non-hydrogen) atoms.